The first kappa shape index (κ1) is 11.3. The van der Waals surface area contributed by atoms with E-state index in [-0.39, 0.29) is 0 Å². The molecule has 12 heavy (non-hydrogen) atoms. The van der Waals surface area contributed by atoms with Gasteiger partial charge in [-0.25, -0.2) is 0 Å². The fraction of sp³-hybridized carbons (Fsp3) is 0.714. The second-order valence-corrected chi connectivity index (χ2v) is 3.11. The quantitative estimate of drug-likeness (QED) is 0.394. The second kappa shape index (κ2) is 6.97. The molecule has 0 aromatic rings. The third kappa shape index (κ3) is 6.03. The Balaban J connectivity index is 3.75. The van der Waals surface area contributed by atoms with Gasteiger partial charge in [0.2, 0.25) is 0 Å². The fourth-order valence-corrected chi connectivity index (χ4v) is 1.09. The molecule has 0 saturated carbocycles. The van der Waals surface area contributed by atoms with Crippen LogP contribution in [0.4, 0.5) is 0 Å². The topological polar surface area (TPSA) is 55.2 Å². The van der Waals surface area contributed by atoms with Crippen LogP contribution in [0.2, 0.25) is 0 Å². The zero-order chi connectivity index (χ0) is 9.40. The molecule has 0 heterocycles. The SMILES string of the molecule is CCCCN/C(=C/[N+](=O)[O-])SC. The van der Waals surface area contributed by atoms with E-state index in [2.05, 4.69) is 12.2 Å². The molecule has 0 saturated heterocycles. The van der Waals surface area contributed by atoms with Crippen LogP contribution in [0.5, 0.6) is 0 Å². The highest BCUT2D eigenvalue weighted by Gasteiger charge is 1.98. The van der Waals surface area contributed by atoms with Crippen molar-refractivity contribution in [3.63, 3.8) is 0 Å². The Morgan fingerprint density at radius 3 is 2.83 bits per heavy atom. The number of unbranched alkanes of at least 4 members (excludes halogenated alkanes) is 1. The zero-order valence-electron chi connectivity index (χ0n) is 7.37. The normalized spacial score (nSPS) is 11.3. The Labute approximate surface area is 76.6 Å². The van der Waals surface area contributed by atoms with E-state index in [1.54, 1.807) is 0 Å². The van der Waals surface area contributed by atoms with Crippen molar-refractivity contribution < 1.29 is 4.92 Å². The zero-order valence-corrected chi connectivity index (χ0v) is 8.19. The lowest BCUT2D eigenvalue weighted by Crippen LogP contribution is -2.13. The van der Waals surface area contributed by atoms with Gasteiger partial charge >= 0.3 is 0 Å². The van der Waals surface area contributed by atoms with Crippen molar-refractivity contribution >= 4 is 11.8 Å². The molecular weight excluding hydrogens is 176 g/mol. The van der Waals surface area contributed by atoms with Crippen LogP contribution in [0.1, 0.15) is 19.8 Å². The summed E-state index contributed by atoms with van der Waals surface area (Å²) in [6, 6.07) is 0. The number of rotatable bonds is 6. The highest BCUT2D eigenvalue weighted by Crippen LogP contribution is 2.06. The van der Waals surface area contributed by atoms with Crippen molar-refractivity contribution in [1.82, 2.24) is 5.32 Å². The van der Waals surface area contributed by atoms with Crippen molar-refractivity contribution in [2.24, 2.45) is 0 Å². The molecule has 0 spiro atoms. The number of nitrogens with zero attached hydrogens (tertiary/aromatic N) is 1. The Morgan fingerprint density at radius 1 is 1.75 bits per heavy atom. The van der Waals surface area contributed by atoms with Gasteiger partial charge in [-0.3, -0.25) is 10.1 Å². The number of nitro groups is 1. The molecule has 0 unspecified atom stereocenters. The first-order valence-corrected chi connectivity index (χ1v) is 5.06. The maximum atomic E-state index is 10.1. The molecule has 0 amide bonds. The first-order valence-electron chi connectivity index (χ1n) is 3.84. The maximum Gasteiger partial charge on any atom is 0.263 e. The summed E-state index contributed by atoms with van der Waals surface area (Å²) in [7, 11) is 0. The van der Waals surface area contributed by atoms with Crippen LogP contribution >= 0.6 is 11.8 Å². The predicted octanol–water partition coefficient (Wildman–Crippen LogP) is 1.81. The lowest BCUT2D eigenvalue weighted by Gasteiger charge is -2.03. The summed E-state index contributed by atoms with van der Waals surface area (Å²) >= 11 is 1.36. The van der Waals surface area contributed by atoms with Gasteiger partial charge in [0, 0.05) is 6.54 Å². The minimum atomic E-state index is -0.440. The Hall–Kier alpha value is -0.710. The molecule has 0 fully saturated rings. The minimum Gasteiger partial charge on any atom is -0.375 e. The van der Waals surface area contributed by atoms with Gasteiger partial charge in [0.15, 0.2) is 0 Å². The van der Waals surface area contributed by atoms with Crippen molar-refractivity contribution in [3.05, 3.63) is 21.3 Å². The molecule has 5 heteroatoms. The summed E-state index contributed by atoms with van der Waals surface area (Å²) < 4.78 is 0. The van der Waals surface area contributed by atoms with Crippen LogP contribution in [0, 0.1) is 10.1 Å². The summed E-state index contributed by atoms with van der Waals surface area (Å²) in [6.45, 7) is 2.88. The Kier molecular flexibility index (Phi) is 6.55. The molecule has 70 valence electrons. The van der Waals surface area contributed by atoms with Crippen molar-refractivity contribution in [2.45, 2.75) is 19.8 Å². The highest BCUT2D eigenvalue weighted by molar-refractivity contribution is 8.02. The maximum absolute atomic E-state index is 10.1. The van der Waals surface area contributed by atoms with Crippen LogP contribution in [0.15, 0.2) is 11.2 Å². The number of hydrogen-bond donors (Lipinski definition) is 1. The highest BCUT2D eigenvalue weighted by atomic mass is 32.2. The van der Waals surface area contributed by atoms with E-state index in [1.165, 1.54) is 11.8 Å². The van der Waals surface area contributed by atoms with Gasteiger partial charge in [0.05, 0.1) is 4.92 Å². The average Bonchev–Trinajstić information content (AvgIpc) is 2.02. The minimum absolute atomic E-state index is 0.440. The molecule has 0 bridgehead atoms. The molecule has 0 aliphatic heterocycles. The predicted molar refractivity (Wildman–Crippen MR) is 51.5 cm³/mol. The third-order valence-electron chi connectivity index (χ3n) is 1.27. The molecule has 0 aliphatic carbocycles. The van der Waals surface area contributed by atoms with Gasteiger partial charge in [0.25, 0.3) is 6.20 Å². The summed E-state index contributed by atoms with van der Waals surface area (Å²) in [6.07, 6.45) is 4.94. The summed E-state index contributed by atoms with van der Waals surface area (Å²) in [5.41, 5.74) is 0. The van der Waals surface area contributed by atoms with E-state index in [1.807, 2.05) is 6.26 Å². The average molecular weight is 190 g/mol. The van der Waals surface area contributed by atoms with E-state index >= 15 is 0 Å². The van der Waals surface area contributed by atoms with E-state index in [0.717, 1.165) is 25.6 Å². The Morgan fingerprint density at radius 2 is 2.42 bits per heavy atom. The van der Waals surface area contributed by atoms with Crippen molar-refractivity contribution in [1.29, 1.82) is 0 Å². The summed E-state index contributed by atoms with van der Waals surface area (Å²) in [5.74, 6) is 0. The number of hydrogen-bond acceptors (Lipinski definition) is 4. The van der Waals surface area contributed by atoms with Crippen molar-refractivity contribution in [2.75, 3.05) is 12.8 Å². The van der Waals surface area contributed by atoms with Gasteiger partial charge < -0.3 is 5.32 Å². The number of thioether (sulfide) groups is 1. The van der Waals surface area contributed by atoms with E-state index in [0.29, 0.717) is 5.03 Å². The van der Waals surface area contributed by atoms with Crippen LogP contribution < -0.4 is 5.32 Å². The molecule has 0 aliphatic rings. The van der Waals surface area contributed by atoms with Crippen LogP contribution in [0.25, 0.3) is 0 Å². The fourth-order valence-electron chi connectivity index (χ4n) is 0.655. The molecule has 0 aromatic carbocycles. The van der Waals surface area contributed by atoms with Gasteiger partial charge in [-0.2, -0.15) is 0 Å². The lowest BCUT2D eigenvalue weighted by atomic mass is 10.3. The van der Waals surface area contributed by atoms with Crippen LogP contribution in [-0.2, 0) is 0 Å². The van der Waals surface area contributed by atoms with Crippen molar-refractivity contribution in [3.8, 4) is 0 Å². The molecule has 1 N–H and O–H groups in total. The smallest absolute Gasteiger partial charge is 0.263 e. The van der Waals surface area contributed by atoms with Gasteiger partial charge in [-0.05, 0) is 12.7 Å². The molecule has 0 rings (SSSR count). The molecule has 0 aromatic heterocycles. The lowest BCUT2D eigenvalue weighted by molar-refractivity contribution is -0.403. The second-order valence-electron chi connectivity index (χ2n) is 2.26. The largest absolute Gasteiger partial charge is 0.375 e. The van der Waals surface area contributed by atoms with Gasteiger partial charge in [-0.1, -0.05) is 13.3 Å². The third-order valence-corrected chi connectivity index (χ3v) is 1.96. The standard InChI is InChI=1S/C7H14N2O2S/c1-3-4-5-8-7(12-2)6-9(10)11/h6,8H,3-5H2,1-2H3/b7-6-. The molecular formula is C7H14N2O2S. The van der Waals surface area contributed by atoms with E-state index < -0.39 is 4.92 Å². The number of nitrogens with one attached hydrogen (secondary N) is 1. The molecule has 4 nitrogen and oxygen atoms in total. The monoisotopic (exact) mass is 190 g/mol. The molecule has 0 atom stereocenters. The Bertz CT molecular complexity index is 171. The van der Waals surface area contributed by atoms with Gasteiger partial charge in [0.1, 0.15) is 5.03 Å². The van der Waals surface area contributed by atoms with Gasteiger partial charge in [-0.15, -0.1) is 11.8 Å². The van der Waals surface area contributed by atoms with Crippen LogP contribution in [-0.4, -0.2) is 17.7 Å². The summed E-state index contributed by atoms with van der Waals surface area (Å²) in [4.78, 5) is 9.64. The van der Waals surface area contributed by atoms with Crippen LogP contribution in [0.3, 0.4) is 0 Å². The van der Waals surface area contributed by atoms with E-state index in [4.69, 9.17) is 0 Å². The summed E-state index contributed by atoms with van der Waals surface area (Å²) in [5, 5.41) is 13.7. The molecule has 0 radical (unpaired) electrons. The first-order chi connectivity index (χ1) is 5.70. The van der Waals surface area contributed by atoms with E-state index in [9.17, 15) is 10.1 Å².